The third-order valence-electron chi connectivity index (χ3n) is 1.70. The Balaban J connectivity index is 2.47. The summed E-state index contributed by atoms with van der Waals surface area (Å²) in [6.45, 7) is 1.79. The molecule has 0 aliphatic carbocycles. The normalized spacial score (nSPS) is 12.9. The SMILES string of the molecule is CC(O)CCSc1ccc(Cl)c(Cl)c1. The summed E-state index contributed by atoms with van der Waals surface area (Å²) in [5.74, 6) is 0.885. The highest BCUT2D eigenvalue weighted by Gasteiger charge is 2.01. The van der Waals surface area contributed by atoms with Crippen molar-refractivity contribution in [3.8, 4) is 0 Å². The zero-order chi connectivity index (χ0) is 10.6. The van der Waals surface area contributed by atoms with Crippen LogP contribution in [0.25, 0.3) is 0 Å². The van der Waals surface area contributed by atoms with Crippen molar-refractivity contribution in [2.24, 2.45) is 0 Å². The topological polar surface area (TPSA) is 20.2 Å². The Kier molecular flexibility index (Phi) is 5.10. The molecule has 1 aromatic rings. The van der Waals surface area contributed by atoms with E-state index in [-0.39, 0.29) is 6.10 Å². The van der Waals surface area contributed by atoms with Crippen molar-refractivity contribution in [1.82, 2.24) is 0 Å². The predicted molar refractivity (Wildman–Crippen MR) is 63.5 cm³/mol. The molecule has 1 rings (SSSR count). The molecular formula is C10H12Cl2OS. The molecule has 78 valence electrons. The Morgan fingerprint density at radius 3 is 2.64 bits per heavy atom. The van der Waals surface area contributed by atoms with Crippen LogP contribution in [0.5, 0.6) is 0 Å². The zero-order valence-electron chi connectivity index (χ0n) is 7.84. The summed E-state index contributed by atoms with van der Waals surface area (Å²) in [6.07, 6.45) is 0.538. The quantitative estimate of drug-likeness (QED) is 0.820. The lowest BCUT2D eigenvalue weighted by atomic mass is 10.3. The van der Waals surface area contributed by atoms with Crippen LogP contribution in [0.1, 0.15) is 13.3 Å². The van der Waals surface area contributed by atoms with Crippen molar-refractivity contribution >= 4 is 35.0 Å². The maximum Gasteiger partial charge on any atom is 0.0603 e. The minimum absolute atomic E-state index is 0.245. The maximum atomic E-state index is 9.07. The van der Waals surface area contributed by atoms with Crippen molar-refractivity contribution in [3.63, 3.8) is 0 Å². The molecule has 0 radical (unpaired) electrons. The van der Waals surface area contributed by atoms with E-state index in [1.54, 1.807) is 24.8 Å². The molecule has 0 fully saturated rings. The first-order chi connectivity index (χ1) is 6.59. The van der Waals surface area contributed by atoms with Crippen LogP contribution >= 0.6 is 35.0 Å². The van der Waals surface area contributed by atoms with E-state index in [1.165, 1.54) is 0 Å². The number of aliphatic hydroxyl groups is 1. The van der Waals surface area contributed by atoms with E-state index in [4.69, 9.17) is 28.3 Å². The molecule has 0 aromatic heterocycles. The summed E-state index contributed by atoms with van der Waals surface area (Å²) in [7, 11) is 0. The number of hydrogen-bond acceptors (Lipinski definition) is 2. The zero-order valence-corrected chi connectivity index (χ0v) is 10.2. The minimum atomic E-state index is -0.245. The van der Waals surface area contributed by atoms with Gasteiger partial charge in [0.15, 0.2) is 0 Å². The summed E-state index contributed by atoms with van der Waals surface area (Å²) in [6, 6.07) is 5.56. The Bertz CT molecular complexity index is 302. The third-order valence-corrected chi connectivity index (χ3v) is 3.46. The number of aliphatic hydroxyl groups excluding tert-OH is 1. The van der Waals surface area contributed by atoms with Gasteiger partial charge in [0.25, 0.3) is 0 Å². The van der Waals surface area contributed by atoms with Gasteiger partial charge in [-0.2, -0.15) is 0 Å². The molecule has 0 aliphatic rings. The molecule has 0 heterocycles. The van der Waals surface area contributed by atoms with Gasteiger partial charge in [0.1, 0.15) is 0 Å². The molecule has 0 saturated carbocycles. The van der Waals surface area contributed by atoms with Crippen molar-refractivity contribution in [2.75, 3.05) is 5.75 Å². The smallest absolute Gasteiger partial charge is 0.0603 e. The summed E-state index contributed by atoms with van der Waals surface area (Å²) in [4.78, 5) is 1.08. The van der Waals surface area contributed by atoms with Gasteiger partial charge in [-0.1, -0.05) is 23.2 Å². The van der Waals surface area contributed by atoms with Crippen LogP contribution in [0.15, 0.2) is 23.1 Å². The van der Waals surface area contributed by atoms with Gasteiger partial charge < -0.3 is 5.11 Å². The lowest BCUT2D eigenvalue weighted by Crippen LogP contribution is -2.00. The second-order valence-corrected chi connectivity index (χ2v) is 5.04. The molecule has 0 saturated heterocycles. The molecule has 1 N–H and O–H groups in total. The van der Waals surface area contributed by atoms with Gasteiger partial charge in [0.2, 0.25) is 0 Å². The van der Waals surface area contributed by atoms with Crippen LogP contribution in [-0.2, 0) is 0 Å². The molecule has 0 aliphatic heterocycles. The first-order valence-corrected chi connectivity index (χ1v) is 6.09. The predicted octanol–water partition coefficient (Wildman–Crippen LogP) is 3.86. The third kappa shape index (κ3) is 4.09. The van der Waals surface area contributed by atoms with E-state index < -0.39 is 0 Å². The Hall–Kier alpha value is 0.110. The van der Waals surface area contributed by atoms with Gasteiger partial charge in [-0.3, -0.25) is 0 Å². The van der Waals surface area contributed by atoms with E-state index in [1.807, 2.05) is 12.1 Å². The van der Waals surface area contributed by atoms with Gasteiger partial charge in [-0.15, -0.1) is 11.8 Å². The Labute approximate surface area is 98.4 Å². The van der Waals surface area contributed by atoms with E-state index in [9.17, 15) is 0 Å². The lowest BCUT2D eigenvalue weighted by Gasteiger charge is -2.04. The number of hydrogen-bond donors (Lipinski definition) is 1. The Morgan fingerprint density at radius 1 is 1.36 bits per heavy atom. The molecule has 0 spiro atoms. The van der Waals surface area contributed by atoms with Gasteiger partial charge in [-0.25, -0.2) is 0 Å². The number of halogens is 2. The second kappa shape index (κ2) is 5.86. The first-order valence-electron chi connectivity index (χ1n) is 4.35. The highest BCUT2D eigenvalue weighted by atomic mass is 35.5. The molecule has 1 aromatic carbocycles. The number of rotatable bonds is 4. The minimum Gasteiger partial charge on any atom is -0.393 e. The summed E-state index contributed by atoms with van der Waals surface area (Å²) >= 11 is 13.3. The van der Waals surface area contributed by atoms with Crippen LogP contribution in [0.2, 0.25) is 10.0 Å². The lowest BCUT2D eigenvalue weighted by molar-refractivity contribution is 0.192. The standard InChI is InChI=1S/C10H12Cl2OS/c1-7(13)4-5-14-8-2-3-9(11)10(12)6-8/h2-3,6-7,13H,4-5H2,1H3. The van der Waals surface area contributed by atoms with Crippen LogP contribution in [0.4, 0.5) is 0 Å². The highest BCUT2D eigenvalue weighted by Crippen LogP contribution is 2.28. The number of thioether (sulfide) groups is 1. The van der Waals surface area contributed by atoms with Crippen LogP contribution < -0.4 is 0 Å². The second-order valence-electron chi connectivity index (χ2n) is 3.06. The van der Waals surface area contributed by atoms with Gasteiger partial charge in [0.05, 0.1) is 16.1 Å². The fourth-order valence-corrected chi connectivity index (χ4v) is 2.34. The molecular weight excluding hydrogens is 239 g/mol. The largest absolute Gasteiger partial charge is 0.393 e. The van der Waals surface area contributed by atoms with E-state index in [2.05, 4.69) is 0 Å². The average molecular weight is 251 g/mol. The van der Waals surface area contributed by atoms with Crippen LogP contribution in [0, 0.1) is 0 Å². The van der Waals surface area contributed by atoms with Crippen LogP contribution in [0.3, 0.4) is 0 Å². The van der Waals surface area contributed by atoms with E-state index >= 15 is 0 Å². The molecule has 1 nitrogen and oxygen atoms in total. The first kappa shape index (κ1) is 12.2. The van der Waals surface area contributed by atoms with Gasteiger partial charge in [0, 0.05) is 10.6 Å². The number of benzene rings is 1. The van der Waals surface area contributed by atoms with Crippen LogP contribution in [-0.4, -0.2) is 17.0 Å². The summed E-state index contributed by atoms with van der Waals surface area (Å²) in [5.41, 5.74) is 0. The molecule has 0 amide bonds. The highest BCUT2D eigenvalue weighted by molar-refractivity contribution is 7.99. The van der Waals surface area contributed by atoms with E-state index in [0.29, 0.717) is 10.0 Å². The summed E-state index contributed by atoms with van der Waals surface area (Å²) < 4.78 is 0. The van der Waals surface area contributed by atoms with Crippen molar-refractivity contribution < 1.29 is 5.11 Å². The van der Waals surface area contributed by atoms with Gasteiger partial charge in [-0.05, 0) is 31.5 Å². The fraction of sp³-hybridized carbons (Fsp3) is 0.400. The van der Waals surface area contributed by atoms with E-state index in [0.717, 1.165) is 17.1 Å². The van der Waals surface area contributed by atoms with Gasteiger partial charge >= 0.3 is 0 Å². The fourth-order valence-electron chi connectivity index (χ4n) is 0.914. The van der Waals surface area contributed by atoms with Crippen molar-refractivity contribution in [2.45, 2.75) is 24.3 Å². The Morgan fingerprint density at radius 2 is 2.07 bits per heavy atom. The molecule has 14 heavy (non-hydrogen) atoms. The monoisotopic (exact) mass is 250 g/mol. The molecule has 4 heteroatoms. The van der Waals surface area contributed by atoms with Crippen molar-refractivity contribution in [3.05, 3.63) is 28.2 Å². The molecule has 0 bridgehead atoms. The maximum absolute atomic E-state index is 9.07. The average Bonchev–Trinajstić information content (AvgIpc) is 2.10. The van der Waals surface area contributed by atoms with Crippen molar-refractivity contribution in [1.29, 1.82) is 0 Å². The summed E-state index contributed by atoms with van der Waals surface area (Å²) in [5, 5.41) is 10.2. The molecule has 1 atom stereocenters. The molecule has 1 unspecified atom stereocenters.